The van der Waals surface area contributed by atoms with E-state index in [1.807, 2.05) is 0 Å². The molecule has 0 saturated carbocycles. The van der Waals surface area contributed by atoms with Gasteiger partial charge in [-0.2, -0.15) is 0 Å². The Bertz CT molecular complexity index is 618. The zero-order chi connectivity index (χ0) is 19.7. The minimum atomic E-state index is -0.981. The van der Waals surface area contributed by atoms with E-state index < -0.39 is 35.0 Å². The molecule has 0 aliphatic rings. The van der Waals surface area contributed by atoms with Crippen LogP contribution in [0.4, 0.5) is 0 Å². The number of rotatable bonds is 3. The molecular formula is C12H15N3O9. The molecule has 0 spiro atoms. The number of hydrogen-bond acceptors (Lipinski definition) is 6. The van der Waals surface area contributed by atoms with Crippen molar-refractivity contribution in [3.8, 4) is 0 Å². The van der Waals surface area contributed by atoms with Crippen LogP contribution in [0.5, 0.6) is 0 Å². The fraction of sp³-hybridized carbons (Fsp3) is 0. The molecule has 1 heterocycles. The lowest BCUT2D eigenvalue weighted by Crippen LogP contribution is -2.34. The Kier molecular flexibility index (Phi) is 16.1. The first kappa shape index (κ1) is 25.0. The smallest absolute Gasteiger partial charge is 0.330 e. The molecule has 0 atom stereocenters. The molecule has 1 aromatic rings. The van der Waals surface area contributed by atoms with Gasteiger partial charge in [-0.3, -0.25) is 15.0 Å². The van der Waals surface area contributed by atoms with E-state index in [0.29, 0.717) is 0 Å². The van der Waals surface area contributed by atoms with Gasteiger partial charge in [0.05, 0.1) is 0 Å². The third kappa shape index (κ3) is 26.6. The van der Waals surface area contributed by atoms with E-state index in [1.165, 1.54) is 0 Å². The second-order valence-electron chi connectivity index (χ2n) is 2.99. The zero-order valence-corrected chi connectivity index (χ0v) is 12.1. The van der Waals surface area contributed by atoms with Crippen molar-refractivity contribution in [2.45, 2.75) is 0 Å². The summed E-state index contributed by atoms with van der Waals surface area (Å²) in [6.07, 6.45) is 2.50. The standard InChI is InChI=1S/C3H3N3O3.3C3H4O2/c7-1-4-2(8)6-3(9)5-1;3*1-2-3(4)5/h(H3,4,5,6,7,8,9);3*2H,1H2,(H,4,5). The Balaban J connectivity index is -0.000000259. The van der Waals surface area contributed by atoms with Crippen molar-refractivity contribution in [3.05, 3.63) is 69.4 Å². The van der Waals surface area contributed by atoms with Gasteiger partial charge >= 0.3 is 35.0 Å². The fourth-order valence-electron chi connectivity index (χ4n) is 0.403. The molecule has 0 radical (unpaired) electrons. The van der Waals surface area contributed by atoms with Gasteiger partial charge in [-0.1, -0.05) is 19.7 Å². The summed E-state index contributed by atoms with van der Waals surface area (Å²) in [5, 5.41) is 22.8. The molecule has 0 saturated heterocycles. The number of aromatic nitrogens is 3. The summed E-state index contributed by atoms with van der Waals surface area (Å²) in [7, 11) is 0. The van der Waals surface area contributed by atoms with Crippen LogP contribution in [0.2, 0.25) is 0 Å². The van der Waals surface area contributed by atoms with Crippen LogP contribution in [0.15, 0.2) is 52.3 Å². The van der Waals surface area contributed by atoms with Gasteiger partial charge in [-0.15, -0.1) is 0 Å². The molecule has 0 unspecified atom stereocenters. The second kappa shape index (κ2) is 15.4. The van der Waals surface area contributed by atoms with Crippen molar-refractivity contribution in [1.82, 2.24) is 15.0 Å². The Labute approximate surface area is 133 Å². The predicted molar refractivity (Wildman–Crippen MR) is 81.8 cm³/mol. The summed E-state index contributed by atoms with van der Waals surface area (Å²) in [5.41, 5.74) is -2.41. The van der Waals surface area contributed by atoms with Gasteiger partial charge in [-0.25, -0.2) is 28.8 Å². The van der Waals surface area contributed by atoms with Crippen LogP contribution in [0, 0.1) is 0 Å². The van der Waals surface area contributed by atoms with E-state index in [-0.39, 0.29) is 0 Å². The molecule has 1 aromatic heterocycles. The Morgan fingerprint density at radius 2 is 0.750 bits per heavy atom. The first-order valence-electron chi connectivity index (χ1n) is 5.49. The maximum atomic E-state index is 10.2. The van der Waals surface area contributed by atoms with Crippen molar-refractivity contribution in [2.24, 2.45) is 0 Å². The quantitative estimate of drug-likeness (QED) is 0.352. The van der Waals surface area contributed by atoms with E-state index in [4.69, 9.17) is 15.3 Å². The maximum absolute atomic E-state index is 10.2. The summed E-state index contributed by atoms with van der Waals surface area (Å²) >= 11 is 0. The number of carbonyl (C=O) groups is 3. The number of carboxylic acids is 3. The van der Waals surface area contributed by atoms with Crippen molar-refractivity contribution < 1.29 is 29.7 Å². The molecule has 0 aromatic carbocycles. The highest BCUT2D eigenvalue weighted by molar-refractivity contribution is 5.79. The molecule has 0 fully saturated rings. The maximum Gasteiger partial charge on any atom is 0.330 e. The molecule has 1 rings (SSSR count). The Hall–Kier alpha value is -3.96. The number of aromatic amines is 3. The number of aliphatic carboxylic acids is 3. The lowest BCUT2D eigenvalue weighted by molar-refractivity contribution is -0.132. The van der Waals surface area contributed by atoms with E-state index in [1.54, 1.807) is 15.0 Å². The van der Waals surface area contributed by atoms with Crippen LogP contribution in [0.1, 0.15) is 0 Å². The average molecular weight is 345 g/mol. The van der Waals surface area contributed by atoms with Gasteiger partial charge in [-0.05, 0) is 0 Å². The van der Waals surface area contributed by atoms with Crippen LogP contribution in [0.25, 0.3) is 0 Å². The summed E-state index contributed by atoms with van der Waals surface area (Å²) in [4.78, 5) is 63.7. The second-order valence-corrected chi connectivity index (χ2v) is 2.99. The Morgan fingerprint density at radius 3 is 0.833 bits per heavy atom. The minimum absolute atomic E-state index is 0.802. The van der Waals surface area contributed by atoms with Crippen molar-refractivity contribution in [1.29, 1.82) is 0 Å². The van der Waals surface area contributed by atoms with Gasteiger partial charge < -0.3 is 15.3 Å². The lowest BCUT2D eigenvalue weighted by atomic mass is 10.7. The summed E-state index contributed by atoms with van der Waals surface area (Å²) in [5.74, 6) is -2.94. The highest BCUT2D eigenvalue weighted by Crippen LogP contribution is 1.55. The molecule has 132 valence electrons. The van der Waals surface area contributed by atoms with Crippen LogP contribution in [0.3, 0.4) is 0 Å². The topological polar surface area (TPSA) is 210 Å². The molecule has 24 heavy (non-hydrogen) atoms. The van der Waals surface area contributed by atoms with Crippen molar-refractivity contribution in [2.75, 3.05) is 0 Å². The molecular weight excluding hydrogens is 330 g/mol. The van der Waals surface area contributed by atoms with Crippen LogP contribution >= 0.6 is 0 Å². The highest BCUT2D eigenvalue weighted by Gasteiger charge is 1.85. The molecule has 0 aliphatic heterocycles. The minimum Gasteiger partial charge on any atom is -0.478 e. The number of H-pyrrole nitrogens is 3. The molecule has 0 aliphatic carbocycles. The third-order valence-corrected chi connectivity index (χ3v) is 1.21. The predicted octanol–water partition coefficient (Wildman–Crippen LogP) is -1.48. The zero-order valence-electron chi connectivity index (χ0n) is 12.1. The average Bonchev–Trinajstić information content (AvgIpc) is 2.47. The molecule has 12 nitrogen and oxygen atoms in total. The van der Waals surface area contributed by atoms with E-state index in [0.717, 1.165) is 18.2 Å². The largest absolute Gasteiger partial charge is 0.478 e. The molecule has 0 bridgehead atoms. The molecule has 6 N–H and O–H groups in total. The van der Waals surface area contributed by atoms with Crippen LogP contribution in [-0.4, -0.2) is 48.2 Å². The van der Waals surface area contributed by atoms with Gasteiger partial charge in [0, 0.05) is 18.2 Å². The van der Waals surface area contributed by atoms with E-state index >= 15 is 0 Å². The SMILES string of the molecule is C=CC(=O)O.C=CC(=O)O.C=CC(=O)O.O=c1[nH]c(=O)[nH]c(=O)[nH]1. The summed E-state index contributed by atoms with van der Waals surface area (Å²) < 4.78 is 0. The molecule has 12 heteroatoms. The first-order chi connectivity index (χ1) is 11.0. The molecule has 0 amide bonds. The van der Waals surface area contributed by atoms with Gasteiger partial charge in [0.2, 0.25) is 0 Å². The summed E-state index contributed by atoms with van der Waals surface area (Å²) in [6.45, 7) is 8.88. The number of hydrogen-bond donors (Lipinski definition) is 6. The number of carboxylic acid groups (broad SMARTS) is 3. The van der Waals surface area contributed by atoms with Crippen molar-refractivity contribution in [3.63, 3.8) is 0 Å². The third-order valence-electron chi connectivity index (χ3n) is 1.21. The van der Waals surface area contributed by atoms with Crippen LogP contribution in [-0.2, 0) is 14.4 Å². The van der Waals surface area contributed by atoms with E-state index in [2.05, 4.69) is 19.7 Å². The summed E-state index contributed by atoms with van der Waals surface area (Å²) in [6, 6.07) is 0. The van der Waals surface area contributed by atoms with E-state index in [9.17, 15) is 28.8 Å². The Morgan fingerprint density at radius 1 is 0.625 bits per heavy atom. The van der Waals surface area contributed by atoms with Crippen molar-refractivity contribution >= 4 is 17.9 Å². The normalized spacial score (nSPS) is 7.50. The highest BCUT2D eigenvalue weighted by atomic mass is 16.4. The van der Waals surface area contributed by atoms with Gasteiger partial charge in [0.1, 0.15) is 0 Å². The fourth-order valence-corrected chi connectivity index (χ4v) is 0.403. The monoisotopic (exact) mass is 345 g/mol. The first-order valence-corrected chi connectivity index (χ1v) is 5.49. The number of nitrogens with one attached hydrogen (secondary N) is 3. The van der Waals surface area contributed by atoms with Crippen LogP contribution < -0.4 is 17.1 Å². The van der Waals surface area contributed by atoms with Gasteiger partial charge in [0.15, 0.2) is 0 Å². The lowest BCUT2D eigenvalue weighted by Gasteiger charge is -1.77. The van der Waals surface area contributed by atoms with Gasteiger partial charge in [0.25, 0.3) is 0 Å².